The van der Waals surface area contributed by atoms with E-state index in [1.165, 1.54) is 7.11 Å². The summed E-state index contributed by atoms with van der Waals surface area (Å²) < 4.78 is 4.46. The van der Waals surface area contributed by atoms with E-state index >= 15 is 0 Å². The predicted octanol–water partition coefficient (Wildman–Crippen LogP) is 1.89. The molecule has 0 aliphatic heterocycles. The van der Waals surface area contributed by atoms with Gasteiger partial charge in [0.15, 0.2) is 11.6 Å². The van der Waals surface area contributed by atoms with Gasteiger partial charge in [0.2, 0.25) is 0 Å². The molecule has 94 valence electrons. The maximum atomic E-state index is 10.9. The molecule has 0 unspecified atom stereocenters. The minimum absolute atomic E-state index is 0.379. The van der Waals surface area contributed by atoms with Gasteiger partial charge in [-0.05, 0) is 18.6 Å². The quantitative estimate of drug-likeness (QED) is 0.848. The van der Waals surface area contributed by atoms with Gasteiger partial charge in [0.25, 0.3) is 0 Å². The highest BCUT2D eigenvalue weighted by Crippen LogP contribution is 2.10. The van der Waals surface area contributed by atoms with Gasteiger partial charge >= 0.3 is 6.09 Å². The monoisotopic (exact) mass is 238 g/mol. The molecule has 1 heterocycles. The highest BCUT2D eigenvalue weighted by Gasteiger charge is 2.05. The summed E-state index contributed by atoms with van der Waals surface area (Å²) in [7, 11) is 3.27. The molecule has 1 amide bonds. The second kappa shape index (κ2) is 6.67. The average molecular weight is 238 g/mol. The Balaban J connectivity index is 2.57. The van der Waals surface area contributed by atoms with E-state index in [-0.39, 0.29) is 0 Å². The number of aromatic nitrogens is 2. The minimum Gasteiger partial charge on any atom is -0.453 e. The van der Waals surface area contributed by atoms with Crippen molar-refractivity contribution < 1.29 is 9.53 Å². The number of nitrogens with one attached hydrogen (secondary N) is 1. The molecule has 0 atom stereocenters. The average Bonchev–Trinajstić information content (AvgIpc) is 2.36. The number of carbonyl (C=O) groups is 1. The number of unbranched alkanes of at least 4 members (excludes halogenated alkanes) is 1. The van der Waals surface area contributed by atoms with Crippen LogP contribution in [-0.2, 0) is 4.74 Å². The molecule has 0 aromatic carbocycles. The zero-order valence-electron chi connectivity index (χ0n) is 10.4. The highest BCUT2D eigenvalue weighted by atomic mass is 16.5. The van der Waals surface area contributed by atoms with Crippen LogP contribution in [0.5, 0.6) is 0 Å². The van der Waals surface area contributed by atoms with Crippen LogP contribution < -0.4 is 10.2 Å². The third-order valence-electron chi connectivity index (χ3n) is 2.30. The lowest BCUT2D eigenvalue weighted by Crippen LogP contribution is -2.20. The van der Waals surface area contributed by atoms with Crippen molar-refractivity contribution in [3.05, 3.63) is 12.1 Å². The lowest BCUT2D eigenvalue weighted by atomic mass is 10.3. The minimum atomic E-state index is -0.550. The molecule has 0 bridgehead atoms. The molecular weight excluding hydrogens is 220 g/mol. The van der Waals surface area contributed by atoms with Gasteiger partial charge in [-0.3, -0.25) is 5.32 Å². The van der Waals surface area contributed by atoms with Gasteiger partial charge in [-0.2, -0.15) is 0 Å². The summed E-state index contributed by atoms with van der Waals surface area (Å²) in [4.78, 5) is 13.0. The van der Waals surface area contributed by atoms with E-state index in [1.54, 1.807) is 6.07 Å². The molecule has 0 saturated carbocycles. The number of hydrogen-bond acceptors (Lipinski definition) is 5. The molecule has 0 spiro atoms. The molecule has 6 nitrogen and oxygen atoms in total. The van der Waals surface area contributed by atoms with E-state index in [9.17, 15) is 4.79 Å². The Morgan fingerprint density at radius 2 is 2.24 bits per heavy atom. The Bertz CT molecular complexity index is 353. The Kier molecular flexibility index (Phi) is 5.19. The maximum absolute atomic E-state index is 10.9. The van der Waals surface area contributed by atoms with Crippen LogP contribution in [0.4, 0.5) is 16.4 Å². The third-order valence-corrected chi connectivity index (χ3v) is 2.30. The van der Waals surface area contributed by atoms with Crippen LogP contribution in [0.25, 0.3) is 0 Å². The SMILES string of the molecule is CCCCN(C)c1ccc(NC(=O)OC)nn1. The fraction of sp³-hybridized carbons (Fsp3) is 0.545. The van der Waals surface area contributed by atoms with Crippen molar-refractivity contribution in [1.82, 2.24) is 10.2 Å². The summed E-state index contributed by atoms with van der Waals surface area (Å²) >= 11 is 0. The van der Waals surface area contributed by atoms with Crippen molar-refractivity contribution in [2.75, 3.05) is 30.9 Å². The molecule has 0 aliphatic rings. The second-order valence-electron chi connectivity index (χ2n) is 3.67. The number of carbonyl (C=O) groups excluding carboxylic acids is 1. The second-order valence-corrected chi connectivity index (χ2v) is 3.67. The molecule has 0 saturated heterocycles. The van der Waals surface area contributed by atoms with E-state index in [1.807, 2.05) is 18.0 Å². The predicted molar refractivity (Wildman–Crippen MR) is 66.2 cm³/mol. The van der Waals surface area contributed by atoms with Crippen LogP contribution in [0.2, 0.25) is 0 Å². The zero-order valence-corrected chi connectivity index (χ0v) is 10.4. The molecule has 0 radical (unpaired) electrons. The van der Waals surface area contributed by atoms with Crippen LogP contribution >= 0.6 is 0 Å². The molecule has 6 heteroatoms. The lowest BCUT2D eigenvalue weighted by molar-refractivity contribution is 0.187. The molecular formula is C11H18N4O2. The van der Waals surface area contributed by atoms with E-state index < -0.39 is 6.09 Å². The summed E-state index contributed by atoms with van der Waals surface area (Å²) in [6, 6.07) is 3.51. The fourth-order valence-corrected chi connectivity index (χ4v) is 1.26. The summed E-state index contributed by atoms with van der Waals surface area (Å²) in [5.41, 5.74) is 0. The first-order chi connectivity index (χ1) is 8.17. The molecule has 17 heavy (non-hydrogen) atoms. The van der Waals surface area contributed by atoms with Gasteiger partial charge in [-0.15, -0.1) is 10.2 Å². The van der Waals surface area contributed by atoms with Crippen molar-refractivity contribution >= 4 is 17.7 Å². The van der Waals surface area contributed by atoms with Gasteiger partial charge in [-0.1, -0.05) is 13.3 Å². The molecule has 0 aliphatic carbocycles. The van der Waals surface area contributed by atoms with Gasteiger partial charge in [0.1, 0.15) is 0 Å². The summed E-state index contributed by atoms with van der Waals surface area (Å²) in [6.45, 7) is 3.08. The van der Waals surface area contributed by atoms with Crippen molar-refractivity contribution in [3.8, 4) is 0 Å². The normalized spacial score (nSPS) is 9.82. The van der Waals surface area contributed by atoms with Gasteiger partial charge in [-0.25, -0.2) is 4.79 Å². The lowest BCUT2D eigenvalue weighted by Gasteiger charge is -2.16. The third kappa shape index (κ3) is 4.26. The fourth-order valence-electron chi connectivity index (χ4n) is 1.26. The Hall–Kier alpha value is -1.85. The van der Waals surface area contributed by atoms with E-state index in [0.717, 1.165) is 25.2 Å². The Labute approximate surface area is 101 Å². The molecule has 1 aromatic heterocycles. The number of methoxy groups -OCH3 is 1. The largest absolute Gasteiger partial charge is 0.453 e. The Morgan fingerprint density at radius 3 is 2.76 bits per heavy atom. The van der Waals surface area contributed by atoms with Gasteiger partial charge in [0, 0.05) is 13.6 Å². The number of rotatable bonds is 5. The summed E-state index contributed by atoms with van der Waals surface area (Å²) in [6.07, 6.45) is 1.70. The smallest absolute Gasteiger partial charge is 0.412 e. The highest BCUT2D eigenvalue weighted by molar-refractivity contribution is 5.83. The standard InChI is InChI=1S/C11H18N4O2/c1-4-5-8-15(2)10-7-6-9(13-14-10)12-11(16)17-3/h6-7H,4-5,8H2,1-3H3,(H,12,13,16). The van der Waals surface area contributed by atoms with E-state index in [2.05, 4.69) is 27.2 Å². The van der Waals surface area contributed by atoms with E-state index in [0.29, 0.717) is 5.82 Å². The van der Waals surface area contributed by atoms with Gasteiger partial charge < -0.3 is 9.64 Å². The zero-order chi connectivity index (χ0) is 12.7. The first-order valence-electron chi connectivity index (χ1n) is 5.57. The Morgan fingerprint density at radius 1 is 1.47 bits per heavy atom. The van der Waals surface area contributed by atoms with Crippen molar-refractivity contribution in [2.45, 2.75) is 19.8 Å². The number of amides is 1. The number of ether oxygens (including phenoxy) is 1. The number of nitrogens with zero attached hydrogens (tertiary/aromatic N) is 3. The number of hydrogen-bond donors (Lipinski definition) is 1. The molecule has 0 fully saturated rings. The first kappa shape index (κ1) is 13.2. The summed E-state index contributed by atoms with van der Waals surface area (Å²) in [5.74, 6) is 1.17. The van der Waals surface area contributed by atoms with E-state index in [4.69, 9.17) is 0 Å². The molecule has 1 N–H and O–H groups in total. The van der Waals surface area contributed by atoms with Crippen LogP contribution in [0.1, 0.15) is 19.8 Å². The molecule has 1 aromatic rings. The molecule has 1 rings (SSSR count). The maximum Gasteiger partial charge on any atom is 0.412 e. The van der Waals surface area contributed by atoms with Crippen molar-refractivity contribution in [1.29, 1.82) is 0 Å². The first-order valence-corrected chi connectivity index (χ1v) is 5.57. The van der Waals surface area contributed by atoms with Crippen LogP contribution in [0.3, 0.4) is 0 Å². The summed E-state index contributed by atoms with van der Waals surface area (Å²) in [5, 5.41) is 10.4. The van der Waals surface area contributed by atoms with Crippen LogP contribution in [-0.4, -0.2) is 37.0 Å². The van der Waals surface area contributed by atoms with Crippen molar-refractivity contribution in [3.63, 3.8) is 0 Å². The van der Waals surface area contributed by atoms with Gasteiger partial charge in [0.05, 0.1) is 7.11 Å². The number of anilines is 2. The van der Waals surface area contributed by atoms with Crippen molar-refractivity contribution in [2.24, 2.45) is 0 Å². The van der Waals surface area contributed by atoms with Crippen LogP contribution in [0, 0.1) is 0 Å². The topological polar surface area (TPSA) is 67.4 Å². The van der Waals surface area contributed by atoms with Crippen LogP contribution in [0.15, 0.2) is 12.1 Å².